The Labute approximate surface area is 313 Å². The lowest BCUT2D eigenvalue weighted by Gasteiger charge is -2.27. The molecule has 2 N–H and O–H groups in total. The molecule has 0 bridgehead atoms. The van der Waals surface area contributed by atoms with Crippen molar-refractivity contribution in [3.05, 3.63) is 179 Å². The van der Waals surface area contributed by atoms with Gasteiger partial charge in [-0.25, -0.2) is 0 Å². The number of para-hydroxylation sites is 3. The molecule has 262 valence electrons. The Balaban J connectivity index is 0.00000481. The molecule has 0 fully saturated rings. The summed E-state index contributed by atoms with van der Waals surface area (Å²) in [7, 11) is 0. The maximum atomic E-state index is 9.11. The molecular weight excluding hydrogens is 649 g/mol. The molecule has 0 radical (unpaired) electrons. The second-order valence-corrected chi connectivity index (χ2v) is 12.9. The topological polar surface area (TPSA) is 83.2 Å². The van der Waals surface area contributed by atoms with Crippen molar-refractivity contribution < 1.29 is 0 Å². The molecule has 53 heavy (non-hydrogen) atoms. The van der Waals surface area contributed by atoms with Gasteiger partial charge in [0.05, 0.1) is 30.0 Å². The fourth-order valence-corrected chi connectivity index (χ4v) is 6.91. The first-order valence-corrected chi connectivity index (χ1v) is 17.7. The highest BCUT2D eigenvalue weighted by molar-refractivity contribution is 5.93. The highest BCUT2D eigenvalue weighted by Crippen LogP contribution is 2.35. The number of nitrogens with zero attached hydrogens (tertiary/aromatic N) is 5. The summed E-state index contributed by atoms with van der Waals surface area (Å²) < 4.78 is 2.35. The van der Waals surface area contributed by atoms with Gasteiger partial charge in [0.25, 0.3) is 0 Å². The maximum absolute atomic E-state index is 9.11. The first kappa shape index (κ1) is 36.2. The molecule has 2 aliphatic rings. The van der Waals surface area contributed by atoms with Gasteiger partial charge in [-0.3, -0.25) is 9.98 Å². The van der Waals surface area contributed by atoms with Crippen LogP contribution in [0.3, 0.4) is 0 Å². The standard InChI is InChI=1S/C46H40N6.CH4/c1-34(31-47)15-13-20-38-29-37(35-16-5-2-3-6-17-35)30-39(50-38)27-28-49-32-46(48)51-33-45-42(24-14-19-36-18-9-11-25-43(36)51)41-23-10-12-26-44(41)52(45)40-21-7-4-8-22-40;/h2-4,7-15,18,21-26,28-30,32,35H,1,5,16,19-20,27,33,48H2;1H4/b15-13-,24-14-,46-32+,49-28?;. The van der Waals surface area contributed by atoms with Crippen molar-refractivity contribution in [1.82, 2.24) is 9.55 Å². The fourth-order valence-electron chi connectivity index (χ4n) is 6.91. The summed E-state index contributed by atoms with van der Waals surface area (Å²) in [6.45, 7) is 4.30. The molecule has 0 spiro atoms. The van der Waals surface area contributed by atoms with Gasteiger partial charge < -0.3 is 15.2 Å². The zero-order chi connectivity index (χ0) is 35.7. The van der Waals surface area contributed by atoms with Crippen LogP contribution in [0.4, 0.5) is 5.69 Å². The van der Waals surface area contributed by atoms with Crippen LogP contribution in [-0.2, 0) is 25.8 Å². The Morgan fingerprint density at radius 1 is 1.00 bits per heavy atom. The van der Waals surface area contributed by atoms with Gasteiger partial charge in [0, 0.05) is 64.3 Å². The number of aliphatic imine (C=N–C) groups is 1. The van der Waals surface area contributed by atoms with Crippen molar-refractivity contribution in [2.24, 2.45) is 10.7 Å². The lowest BCUT2D eigenvalue weighted by molar-refractivity contribution is 0.768. The molecule has 1 aliphatic heterocycles. The molecule has 1 aliphatic carbocycles. The summed E-state index contributed by atoms with van der Waals surface area (Å²) in [6, 6.07) is 33.9. The minimum absolute atomic E-state index is 0. The van der Waals surface area contributed by atoms with Gasteiger partial charge in [0.15, 0.2) is 0 Å². The van der Waals surface area contributed by atoms with E-state index in [0.29, 0.717) is 30.8 Å². The minimum atomic E-state index is 0. The average molecular weight is 693 g/mol. The van der Waals surface area contributed by atoms with Crippen molar-refractivity contribution >= 4 is 28.9 Å². The van der Waals surface area contributed by atoms with E-state index in [1.807, 2.05) is 24.4 Å². The fraction of sp³-hybridized carbons (Fsp3) is 0.170. The lowest BCUT2D eigenvalue weighted by Crippen LogP contribution is -2.29. The van der Waals surface area contributed by atoms with Gasteiger partial charge in [-0.1, -0.05) is 105 Å². The Hall–Kier alpha value is -6.63. The number of nitrogens with two attached hydrogens (primary N) is 1. The van der Waals surface area contributed by atoms with Crippen LogP contribution < -0.4 is 10.6 Å². The van der Waals surface area contributed by atoms with Crippen LogP contribution in [0.25, 0.3) is 22.7 Å². The van der Waals surface area contributed by atoms with E-state index in [4.69, 9.17) is 21.0 Å². The summed E-state index contributed by atoms with van der Waals surface area (Å²) in [5.41, 5.74) is 17.2. The number of nitriles is 1. The van der Waals surface area contributed by atoms with Gasteiger partial charge in [0.2, 0.25) is 0 Å². The van der Waals surface area contributed by atoms with Gasteiger partial charge >= 0.3 is 0 Å². The summed E-state index contributed by atoms with van der Waals surface area (Å²) in [5.74, 6) is 7.24. The molecule has 3 heterocycles. The predicted molar refractivity (Wildman–Crippen MR) is 221 cm³/mol. The molecule has 7 rings (SSSR count). The van der Waals surface area contributed by atoms with Crippen molar-refractivity contribution in [1.29, 1.82) is 5.26 Å². The number of allylic oxidation sites excluding steroid dienone is 6. The first-order valence-electron chi connectivity index (χ1n) is 17.7. The third-order valence-corrected chi connectivity index (χ3v) is 9.39. The lowest BCUT2D eigenvalue weighted by atomic mass is 9.94. The Morgan fingerprint density at radius 3 is 2.62 bits per heavy atom. The molecule has 0 amide bonds. The predicted octanol–water partition coefficient (Wildman–Crippen LogP) is 9.92. The molecule has 3 aromatic carbocycles. The van der Waals surface area contributed by atoms with Crippen LogP contribution in [0, 0.1) is 23.2 Å². The maximum Gasteiger partial charge on any atom is 0.122 e. The molecule has 6 heteroatoms. The van der Waals surface area contributed by atoms with E-state index in [1.54, 1.807) is 12.3 Å². The number of fused-ring (bicyclic) bond motifs is 4. The summed E-state index contributed by atoms with van der Waals surface area (Å²) in [5, 5.41) is 10.3. The van der Waals surface area contributed by atoms with Crippen LogP contribution in [-0.4, -0.2) is 15.8 Å². The molecule has 0 saturated heterocycles. The quantitative estimate of drug-likeness (QED) is 0.0722. The second kappa shape index (κ2) is 17.1. The van der Waals surface area contributed by atoms with E-state index < -0.39 is 0 Å². The Kier molecular flexibility index (Phi) is 11.6. The van der Waals surface area contributed by atoms with Crippen LogP contribution >= 0.6 is 0 Å². The summed E-state index contributed by atoms with van der Waals surface area (Å²) in [6.07, 6.45) is 19.7. The van der Waals surface area contributed by atoms with E-state index in [-0.39, 0.29) is 13.3 Å². The second-order valence-electron chi connectivity index (χ2n) is 12.9. The smallest absolute Gasteiger partial charge is 0.122 e. The van der Waals surface area contributed by atoms with Crippen LogP contribution in [0.5, 0.6) is 0 Å². The molecule has 1 atom stereocenters. The monoisotopic (exact) mass is 692 g/mol. The van der Waals surface area contributed by atoms with E-state index >= 15 is 0 Å². The SMILES string of the molecule is C.C=C(C#N)/C=C\Cc1cc(C2C#CC=CCC2)cc(CC=N/C=C(\N)N2Cc3c(c4ccccc4n3-c3ccccc3)/C=C\Cc3ccccc32)n1. The van der Waals surface area contributed by atoms with Gasteiger partial charge in [0.1, 0.15) is 5.82 Å². The Morgan fingerprint density at radius 2 is 1.77 bits per heavy atom. The number of hydrogen-bond donors (Lipinski definition) is 1. The molecular formula is C47H44N6. The molecule has 6 nitrogen and oxygen atoms in total. The highest BCUT2D eigenvalue weighted by atomic mass is 15.2. The number of anilines is 1. The van der Waals surface area contributed by atoms with Crippen LogP contribution in [0.15, 0.2) is 151 Å². The van der Waals surface area contributed by atoms with E-state index in [2.05, 4.69) is 137 Å². The van der Waals surface area contributed by atoms with Crippen molar-refractivity contribution in [2.45, 2.75) is 52.0 Å². The van der Waals surface area contributed by atoms with Gasteiger partial charge in [-0.2, -0.15) is 5.26 Å². The van der Waals surface area contributed by atoms with Crippen molar-refractivity contribution in [3.8, 4) is 23.6 Å². The zero-order valence-electron chi connectivity index (χ0n) is 29.1. The normalized spacial score (nSPS) is 15.9. The molecule has 0 saturated carbocycles. The van der Waals surface area contributed by atoms with Gasteiger partial charge in [-0.15, -0.1) is 0 Å². The average Bonchev–Trinajstić information content (AvgIpc) is 3.28. The highest BCUT2D eigenvalue weighted by Gasteiger charge is 2.23. The van der Waals surface area contributed by atoms with E-state index in [9.17, 15) is 0 Å². The zero-order valence-corrected chi connectivity index (χ0v) is 29.1. The van der Waals surface area contributed by atoms with Crippen LogP contribution in [0.2, 0.25) is 0 Å². The molecule has 5 aromatic rings. The number of pyridine rings is 1. The number of aromatic nitrogens is 2. The molecule has 2 aromatic heterocycles. The van der Waals surface area contributed by atoms with E-state index in [1.165, 1.54) is 16.5 Å². The number of rotatable bonds is 9. The van der Waals surface area contributed by atoms with Crippen molar-refractivity contribution in [3.63, 3.8) is 0 Å². The first-order chi connectivity index (χ1) is 25.6. The molecule has 1 unspecified atom stereocenters. The number of hydrogen-bond acceptors (Lipinski definition) is 5. The minimum Gasteiger partial charge on any atom is -0.384 e. The Bertz CT molecular complexity index is 2370. The largest absolute Gasteiger partial charge is 0.384 e. The number of benzene rings is 3. The van der Waals surface area contributed by atoms with E-state index in [0.717, 1.165) is 58.8 Å². The van der Waals surface area contributed by atoms with Crippen LogP contribution in [0.1, 0.15) is 60.0 Å². The third kappa shape index (κ3) is 8.30. The summed E-state index contributed by atoms with van der Waals surface area (Å²) in [4.78, 5) is 11.9. The third-order valence-electron chi connectivity index (χ3n) is 9.39. The van der Waals surface area contributed by atoms with Gasteiger partial charge in [-0.05, 0) is 78.9 Å². The van der Waals surface area contributed by atoms with Crippen molar-refractivity contribution in [2.75, 3.05) is 4.90 Å². The summed E-state index contributed by atoms with van der Waals surface area (Å²) >= 11 is 0.